The molecule has 2 amide bonds. The van der Waals surface area contributed by atoms with Gasteiger partial charge in [0.2, 0.25) is 11.8 Å². The van der Waals surface area contributed by atoms with Crippen LogP contribution in [0.4, 0.5) is 0 Å². The van der Waals surface area contributed by atoms with Gasteiger partial charge >= 0.3 is 0 Å². The number of benzene rings is 1. The van der Waals surface area contributed by atoms with Crippen molar-refractivity contribution in [3.63, 3.8) is 0 Å². The second-order valence-electron chi connectivity index (χ2n) is 4.89. The average Bonchev–Trinajstić information content (AvgIpc) is 2.59. The lowest BCUT2D eigenvalue weighted by molar-refractivity contribution is -0.147. The van der Waals surface area contributed by atoms with Crippen molar-refractivity contribution in [1.82, 2.24) is 4.90 Å². The van der Waals surface area contributed by atoms with Gasteiger partial charge in [-0.25, -0.2) is 0 Å². The zero-order valence-corrected chi connectivity index (χ0v) is 10.9. The fourth-order valence-electron chi connectivity index (χ4n) is 2.46. The molecule has 102 valence electrons. The molecule has 0 radical (unpaired) electrons. The monoisotopic (exact) mass is 261 g/mol. The minimum absolute atomic E-state index is 0.155. The van der Waals surface area contributed by atoms with Crippen molar-refractivity contribution in [2.45, 2.75) is 38.1 Å². The maximum Gasteiger partial charge on any atom is 0.229 e. The molecule has 0 unspecified atom stereocenters. The summed E-state index contributed by atoms with van der Waals surface area (Å²) in [4.78, 5) is 25.3. The molecule has 19 heavy (non-hydrogen) atoms. The number of amides is 2. The zero-order valence-electron chi connectivity index (χ0n) is 10.9. The van der Waals surface area contributed by atoms with Crippen molar-refractivity contribution in [2.75, 3.05) is 6.61 Å². The highest BCUT2D eigenvalue weighted by Gasteiger charge is 2.30. The van der Waals surface area contributed by atoms with E-state index >= 15 is 0 Å². The predicted molar refractivity (Wildman–Crippen MR) is 71.3 cm³/mol. The molecule has 1 saturated heterocycles. The summed E-state index contributed by atoms with van der Waals surface area (Å²) >= 11 is 0. The second-order valence-corrected chi connectivity index (χ2v) is 4.89. The molecular weight excluding hydrogens is 242 g/mol. The van der Waals surface area contributed by atoms with Gasteiger partial charge < -0.3 is 5.11 Å². The van der Waals surface area contributed by atoms with Crippen LogP contribution in [0, 0.1) is 0 Å². The fraction of sp³-hybridized carbons (Fsp3) is 0.467. The molecular formula is C15H19NO3. The normalized spacial score (nSPS) is 18.3. The van der Waals surface area contributed by atoms with Crippen LogP contribution in [0.1, 0.15) is 31.2 Å². The Morgan fingerprint density at radius 2 is 1.63 bits per heavy atom. The molecule has 4 heteroatoms. The molecule has 1 atom stereocenters. The maximum atomic E-state index is 12.0. The summed E-state index contributed by atoms with van der Waals surface area (Å²) in [5.74, 6) is -0.310. The fourth-order valence-corrected chi connectivity index (χ4v) is 2.46. The molecule has 4 nitrogen and oxygen atoms in total. The quantitative estimate of drug-likeness (QED) is 0.836. The lowest BCUT2D eigenvalue weighted by Gasteiger charge is -2.27. The van der Waals surface area contributed by atoms with E-state index in [-0.39, 0.29) is 18.4 Å². The van der Waals surface area contributed by atoms with Gasteiger partial charge in [0.25, 0.3) is 0 Å². The second kappa shape index (κ2) is 6.48. The minimum Gasteiger partial charge on any atom is -0.394 e. The van der Waals surface area contributed by atoms with Crippen LogP contribution in [0.2, 0.25) is 0 Å². The summed E-state index contributed by atoms with van der Waals surface area (Å²) in [5.41, 5.74) is 1.02. The number of likely N-dealkylation sites (tertiary alicyclic amines) is 1. The average molecular weight is 261 g/mol. The highest BCUT2D eigenvalue weighted by Crippen LogP contribution is 2.18. The number of aliphatic hydroxyl groups is 1. The lowest BCUT2D eigenvalue weighted by Crippen LogP contribution is -2.46. The smallest absolute Gasteiger partial charge is 0.229 e. The Morgan fingerprint density at radius 1 is 1.05 bits per heavy atom. The van der Waals surface area contributed by atoms with Gasteiger partial charge in [-0.1, -0.05) is 30.3 Å². The van der Waals surface area contributed by atoms with Crippen LogP contribution in [-0.2, 0) is 16.0 Å². The van der Waals surface area contributed by atoms with Crippen LogP contribution in [0.25, 0.3) is 0 Å². The molecule has 0 spiro atoms. The van der Waals surface area contributed by atoms with E-state index in [1.165, 1.54) is 4.90 Å². The molecule has 0 bridgehead atoms. The topological polar surface area (TPSA) is 57.6 Å². The van der Waals surface area contributed by atoms with Crippen LogP contribution in [0.3, 0.4) is 0 Å². The third-order valence-corrected chi connectivity index (χ3v) is 3.46. The van der Waals surface area contributed by atoms with E-state index in [2.05, 4.69) is 0 Å². The molecule has 1 N–H and O–H groups in total. The summed E-state index contributed by atoms with van der Waals surface area (Å²) in [6, 6.07) is 9.18. The van der Waals surface area contributed by atoms with Crippen molar-refractivity contribution in [3.8, 4) is 0 Å². The van der Waals surface area contributed by atoms with Crippen molar-refractivity contribution in [3.05, 3.63) is 35.9 Å². The van der Waals surface area contributed by atoms with E-state index < -0.39 is 6.04 Å². The molecule has 1 heterocycles. The molecule has 1 aromatic rings. The van der Waals surface area contributed by atoms with Crippen molar-refractivity contribution in [1.29, 1.82) is 0 Å². The van der Waals surface area contributed by atoms with E-state index in [0.29, 0.717) is 19.3 Å². The summed E-state index contributed by atoms with van der Waals surface area (Å²) in [6.45, 7) is -0.188. The molecule has 0 aromatic heterocycles. The molecule has 1 fully saturated rings. The maximum absolute atomic E-state index is 12.0. The van der Waals surface area contributed by atoms with Gasteiger partial charge in [-0.2, -0.15) is 0 Å². The molecule has 0 saturated carbocycles. The van der Waals surface area contributed by atoms with Crippen molar-refractivity contribution < 1.29 is 14.7 Å². The number of aliphatic hydroxyl groups excluding tert-OH is 1. The van der Waals surface area contributed by atoms with Gasteiger partial charge in [0.05, 0.1) is 12.6 Å². The lowest BCUT2D eigenvalue weighted by atomic mass is 10.0. The van der Waals surface area contributed by atoms with Crippen molar-refractivity contribution >= 4 is 11.8 Å². The Balaban J connectivity index is 2.15. The van der Waals surface area contributed by atoms with E-state index in [1.807, 2.05) is 30.3 Å². The molecule has 1 aliphatic rings. The molecule has 1 aliphatic heterocycles. The van der Waals surface area contributed by atoms with Gasteiger partial charge in [-0.3, -0.25) is 14.5 Å². The van der Waals surface area contributed by atoms with Crippen LogP contribution in [0.15, 0.2) is 30.3 Å². The summed E-state index contributed by atoms with van der Waals surface area (Å²) in [6.07, 6.45) is 2.82. The standard InChI is InChI=1S/C15H19NO3/c17-11-13(10-12-6-2-1-3-7-12)16-14(18)8-4-5-9-15(16)19/h1-3,6-7,13,17H,4-5,8-11H2/t13-/m0/s1. The van der Waals surface area contributed by atoms with Crippen LogP contribution >= 0.6 is 0 Å². The summed E-state index contributed by atoms with van der Waals surface area (Å²) in [5, 5.41) is 9.52. The predicted octanol–water partition coefficient (Wildman–Crippen LogP) is 1.52. The van der Waals surface area contributed by atoms with Crippen LogP contribution < -0.4 is 0 Å². The van der Waals surface area contributed by atoms with E-state index in [4.69, 9.17) is 0 Å². The van der Waals surface area contributed by atoms with E-state index in [9.17, 15) is 14.7 Å². The summed E-state index contributed by atoms with van der Waals surface area (Å²) < 4.78 is 0. The Bertz CT molecular complexity index is 426. The summed E-state index contributed by atoms with van der Waals surface area (Å²) in [7, 11) is 0. The first kappa shape index (κ1) is 13.7. The zero-order chi connectivity index (χ0) is 13.7. The van der Waals surface area contributed by atoms with Crippen LogP contribution in [0.5, 0.6) is 0 Å². The highest BCUT2D eigenvalue weighted by molar-refractivity contribution is 5.96. The Labute approximate surface area is 113 Å². The van der Waals surface area contributed by atoms with Gasteiger partial charge in [0, 0.05) is 12.8 Å². The SMILES string of the molecule is O=C1CCCCC(=O)N1[C@H](CO)Cc1ccccc1. The molecule has 1 aromatic carbocycles. The molecule has 0 aliphatic carbocycles. The Morgan fingerprint density at radius 3 is 2.16 bits per heavy atom. The van der Waals surface area contributed by atoms with E-state index in [1.54, 1.807) is 0 Å². The minimum atomic E-state index is -0.444. The number of rotatable bonds is 4. The third-order valence-electron chi connectivity index (χ3n) is 3.46. The molecule has 2 rings (SSSR count). The Hall–Kier alpha value is -1.68. The van der Waals surface area contributed by atoms with Crippen molar-refractivity contribution in [2.24, 2.45) is 0 Å². The van der Waals surface area contributed by atoms with Gasteiger partial charge in [-0.15, -0.1) is 0 Å². The number of hydrogen-bond acceptors (Lipinski definition) is 3. The number of nitrogens with zero attached hydrogens (tertiary/aromatic N) is 1. The number of hydrogen-bond donors (Lipinski definition) is 1. The first-order valence-corrected chi connectivity index (χ1v) is 6.72. The highest BCUT2D eigenvalue weighted by atomic mass is 16.3. The van der Waals surface area contributed by atoms with E-state index in [0.717, 1.165) is 18.4 Å². The van der Waals surface area contributed by atoms with Crippen LogP contribution in [-0.4, -0.2) is 34.5 Å². The van der Waals surface area contributed by atoms with Gasteiger partial charge in [0.1, 0.15) is 0 Å². The number of carbonyl (C=O) groups excluding carboxylic acids is 2. The third kappa shape index (κ3) is 3.41. The van der Waals surface area contributed by atoms with Gasteiger partial charge in [0.15, 0.2) is 0 Å². The Kier molecular flexibility index (Phi) is 4.68. The first-order valence-electron chi connectivity index (χ1n) is 6.72. The first-order chi connectivity index (χ1) is 9.22. The largest absolute Gasteiger partial charge is 0.394 e. The number of imide groups is 1. The number of carbonyl (C=O) groups is 2. The van der Waals surface area contributed by atoms with Gasteiger partial charge in [-0.05, 0) is 24.8 Å².